The Balaban J connectivity index is 2.38. The molecule has 0 atom stereocenters. The smallest absolute Gasteiger partial charge is 0.224 e. The Morgan fingerprint density at radius 1 is 1.11 bits per heavy atom. The topological polar surface area (TPSA) is 119 Å². The number of nitriles is 1. The van der Waals surface area contributed by atoms with Gasteiger partial charge in [-0.2, -0.15) is 15.2 Å². The lowest BCUT2D eigenvalue weighted by Gasteiger charge is -2.07. The standard InChI is InChI=1S/C12H9N7/c13-6-7-5-8-9(14)16-12(15)18-10(8)17-11(7)19-3-1-2-4-19/h1-5H,(H4,14,15,16,17,18). The summed E-state index contributed by atoms with van der Waals surface area (Å²) in [6.07, 6.45) is 3.59. The van der Waals surface area contributed by atoms with Crippen molar-refractivity contribution < 1.29 is 0 Å². The van der Waals surface area contributed by atoms with Gasteiger partial charge in [0.1, 0.15) is 11.9 Å². The van der Waals surface area contributed by atoms with Gasteiger partial charge in [0, 0.05) is 12.4 Å². The Bertz CT molecular complexity index is 799. The SMILES string of the molecule is N#Cc1cc2c(N)nc(N)nc2nc1-n1cccc1. The van der Waals surface area contributed by atoms with Crippen molar-refractivity contribution in [2.45, 2.75) is 0 Å². The summed E-state index contributed by atoms with van der Waals surface area (Å²) in [6.45, 7) is 0. The first-order valence-electron chi connectivity index (χ1n) is 5.46. The van der Waals surface area contributed by atoms with E-state index in [0.29, 0.717) is 22.4 Å². The molecule has 0 aliphatic carbocycles. The van der Waals surface area contributed by atoms with E-state index in [0.717, 1.165) is 0 Å². The van der Waals surface area contributed by atoms with Crippen molar-refractivity contribution in [2.24, 2.45) is 0 Å². The molecule has 3 rings (SSSR count). The highest BCUT2D eigenvalue weighted by atomic mass is 15.1. The second kappa shape index (κ2) is 3.96. The largest absolute Gasteiger partial charge is 0.383 e. The van der Waals surface area contributed by atoms with Crippen molar-refractivity contribution in [1.29, 1.82) is 5.26 Å². The minimum absolute atomic E-state index is 0.0562. The molecule has 0 bridgehead atoms. The zero-order valence-corrected chi connectivity index (χ0v) is 9.78. The number of hydrogen-bond donors (Lipinski definition) is 2. The molecule has 0 saturated carbocycles. The average molecular weight is 251 g/mol. The highest BCUT2D eigenvalue weighted by Crippen LogP contribution is 2.22. The lowest BCUT2D eigenvalue weighted by atomic mass is 10.2. The van der Waals surface area contributed by atoms with E-state index in [1.165, 1.54) is 0 Å². The predicted molar refractivity (Wildman–Crippen MR) is 70.2 cm³/mol. The van der Waals surface area contributed by atoms with E-state index in [4.69, 9.17) is 11.5 Å². The molecule has 0 aliphatic heterocycles. The van der Waals surface area contributed by atoms with Gasteiger partial charge >= 0.3 is 0 Å². The Kier molecular flexibility index (Phi) is 2.29. The van der Waals surface area contributed by atoms with Crippen LogP contribution in [0, 0.1) is 11.3 Å². The molecule has 4 N–H and O–H groups in total. The van der Waals surface area contributed by atoms with E-state index >= 15 is 0 Å². The van der Waals surface area contributed by atoms with Gasteiger partial charge in [-0.25, -0.2) is 4.98 Å². The van der Waals surface area contributed by atoms with Gasteiger partial charge in [0.05, 0.1) is 10.9 Å². The van der Waals surface area contributed by atoms with Crippen molar-refractivity contribution in [3.8, 4) is 11.9 Å². The molecular weight excluding hydrogens is 242 g/mol. The van der Waals surface area contributed by atoms with E-state index in [2.05, 4.69) is 21.0 Å². The number of nitrogens with zero attached hydrogens (tertiary/aromatic N) is 5. The highest BCUT2D eigenvalue weighted by Gasteiger charge is 2.12. The third-order valence-electron chi connectivity index (χ3n) is 2.68. The van der Waals surface area contributed by atoms with Crippen molar-refractivity contribution in [1.82, 2.24) is 19.5 Å². The minimum atomic E-state index is 0.0562. The van der Waals surface area contributed by atoms with Crippen LogP contribution in [0.3, 0.4) is 0 Å². The Morgan fingerprint density at radius 3 is 2.53 bits per heavy atom. The second-order valence-electron chi connectivity index (χ2n) is 3.90. The number of fused-ring (bicyclic) bond motifs is 1. The number of nitrogens with two attached hydrogens (primary N) is 2. The quantitative estimate of drug-likeness (QED) is 0.661. The average Bonchev–Trinajstić information content (AvgIpc) is 2.91. The Labute approximate surface area is 108 Å². The number of rotatable bonds is 1. The summed E-state index contributed by atoms with van der Waals surface area (Å²) >= 11 is 0. The summed E-state index contributed by atoms with van der Waals surface area (Å²) in [6, 6.07) is 7.40. The fourth-order valence-electron chi connectivity index (χ4n) is 1.84. The molecule has 3 heterocycles. The summed E-state index contributed by atoms with van der Waals surface area (Å²) in [7, 11) is 0. The molecule has 7 heteroatoms. The van der Waals surface area contributed by atoms with E-state index in [9.17, 15) is 5.26 Å². The fraction of sp³-hybridized carbons (Fsp3) is 0. The number of pyridine rings is 1. The van der Waals surface area contributed by atoms with Crippen LogP contribution in [0.5, 0.6) is 0 Å². The number of nitrogen functional groups attached to an aromatic ring is 2. The van der Waals surface area contributed by atoms with Gasteiger partial charge in [-0.3, -0.25) is 0 Å². The van der Waals surface area contributed by atoms with Crippen LogP contribution in [0.4, 0.5) is 11.8 Å². The van der Waals surface area contributed by atoms with Crippen LogP contribution in [0.2, 0.25) is 0 Å². The molecule has 3 aromatic rings. The van der Waals surface area contributed by atoms with Crippen molar-refractivity contribution in [3.63, 3.8) is 0 Å². The van der Waals surface area contributed by atoms with Gasteiger partial charge in [-0.1, -0.05) is 0 Å². The normalized spacial score (nSPS) is 10.5. The lowest BCUT2D eigenvalue weighted by Crippen LogP contribution is -2.05. The van der Waals surface area contributed by atoms with Crippen LogP contribution in [-0.4, -0.2) is 19.5 Å². The van der Waals surface area contributed by atoms with Crippen molar-refractivity contribution in [3.05, 3.63) is 36.2 Å². The first-order valence-corrected chi connectivity index (χ1v) is 5.46. The van der Waals surface area contributed by atoms with Gasteiger partial charge in [-0.05, 0) is 18.2 Å². The molecule has 0 unspecified atom stereocenters. The van der Waals surface area contributed by atoms with Crippen molar-refractivity contribution in [2.75, 3.05) is 11.5 Å². The zero-order chi connectivity index (χ0) is 13.4. The molecule has 0 aromatic carbocycles. The van der Waals surface area contributed by atoms with E-state index in [1.807, 2.05) is 12.1 Å². The van der Waals surface area contributed by atoms with Gasteiger partial charge < -0.3 is 16.0 Å². The monoisotopic (exact) mass is 251 g/mol. The third kappa shape index (κ3) is 1.71. The van der Waals surface area contributed by atoms with Crippen LogP contribution in [-0.2, 0) is 0 Å². The Hall–Kier alpha value is -3.14. The maximum Gasteiger partial charge on any atom is 0.224 e. The van der Waals surface area contributed by atoms with Gasteiger partial charge in [0.2, 0.25) is 5.95 Å². The number of aromatic nitrogens is 4. The third-order valence-corrected chi connectivity index (χ3v) is 2.68. The molecule has 3 aromatic heterocycles. The summed E-state index contributed by atoms with van der Waals surface area (Å²) < 4.78 is 1.73. The zero-order valence-electron chi connectivity index (χ0n) is 9.78. The first kappa shape index (κ1) is 11.0. The van der Waals surface area contributed by atoms with Crippen molar-refractivity contribution >= 4 is 22.8 Å². The van der Waals surface area contributed by atoms with Crippen LogP contribution in [0.1, 0.15) is 5.56 Å². The summed E-state index contributed by atoms with van der Waals surface area (Å²) in [5.41, 5.74) is 12.1. The summed E-state index contributed by atoms with van der Waals surface area (Å²) in [5, 5.41) is 9.73. The molecule has 0 radical (unpaired) electrons. The van der Waals surface area contributed by atoms with E-state index in [-0.39, 0.29) is 11.8 Å². The van der Waals surface area contributed by atoms with E-state index in [1.54, 1.807) is 23.0 Å². The van der Waals surface area contributed by atoms with Crippen LogP contribution in [0.25, 0.3) is 16.9 Å². The van der Waals surface area contributed by atoms with Gasteiger partial charge in [0.15, 0.2) is 11.5 Å². The molecular formula is C12H9N7. The molecule has 92 valence electrons. The summed E-state index contributed by atoms with van der Waals surface area (Å²) in [4.78, 5) is 12.2. The fourth-order valence-corrected chi connectivity index (χ4v) is 1.84. The Morgan fingerprint density at radius 2 is 1.84 bits per heavy atom. The molecule has 0 amide bonds. The minimum Gasteiger partial charge on any atom is -0.383 e. The molecule has 0 spiro atoms. The second-order valence-corrected chi connectivity index (χ2v) is 3.90. The molecule has 7 nitrogen and oxygen atoms in total. The lowest BCUT2D eigenvalue weighted by molar-refractivity contribution is 1.01. The van der Waals surface area contributed by atoms with Gasteiger partial charge in [0.25, 0.3) is 0 Å². The predicted octanol–water partition coefficient (Wildman–Crippen LogP) is 0.852. The highest BCUT2D eigenvalue weighted by molar-refractivity contribution is 5.88. The number of hydrogen-bond acceptors (Lipinski definition) is 6. The first-order chi connectivity index (χ1) is 9.19. The maximum absolute atomic E-state index is 9.21. The van der Waals surface area contributed by atoms with Crippen LogP contribution in [0.15, 0.2) is 30.6 Å². The maximum atomic E-state index is 9.21. The summed E-state index contributed by atoms with van der Waals surface area (Å²) in [5.74, 6) is 0.753. The molecule has 0 aliphatic rings. The van der Waals surface area contributed by atoms with Crippen LogP contribution >= 0.6 is 0 Å². The van der Waals surface area contributed by atoms with E-state index < -0.39 is 0 Å². The van der Waals surface area contributed by atoms with Crippen LogP contribution < -0.4 is 11.5 Å². The molecule has 19 heavy (non-hydrogen) atoms. The van der Waals surface area contributed by atoms with Gasteiger partial charge in [-0.15, -0.1) is 0 Å². The molecule has 0 saturated heterocycles. The number of anilines is 2. The molecule has 0 fully saturated rings.